The van der Waals surface area contributed by atoms with E-state index in [0.29, 0.717) is 34.0 Å². The largest absolute Gasteiger partial charge is 0.497 e. The summed E-state index contributed by atoms with van der Waals surface area (Å²) in [4.78, 5) is 21.9. The molecule has 0 unspecified atom stereocenters. The quantitative estimate of drug-likeness (QED) is 0.181. The van der Waals surface area contributed by atoms with Gasteiger partial charge in [0, 0.05) is 23.3 Å². The maximum absolute atomic E-state index is 12.6. The molecule has 0 fully saturated rings. The van der Waals surface area contributed by atoms with Gasteiger partial charge in [0.2, 0.25) is 11.1 Å². The highest BCUT2D eigenvalue weighted by Gasteiger charge is 2.15. The molecule has 0 radical (unpaired) electrons. The molecule has 0 saturated heterocycles. The second-order valence-corrected chi connectivity index (χ2v) is 10.6. The fourth-order valence-electron chi connectivity index (χ4n) is 3.90. The summed E-state index contributed by atoms with van der Waals surface area (Å²) in [5.41, 5.74) is 3.91. The Morgan fingerprint density at radius 1 is 0.850 bits per heavy atom. The molecule has 0 spiro atoms. The first kappa shape index (κ1) is 27.4. The Labute approximate surface area is 240 Å². The zero-order valence-corrected chi connectivity index (χ0v) is 23.8. The Kier molecular flexibility index (Phi) is 8.72. The maximum atomic E-state index is 12.6. The van der Waals surface area contributed by atoms with Crippen LogP contribution in [0.15, 0.2) is 71.9 Å². The van der Waals surface area contributed by atoms with Crippen LogP contribution in [0.3, 0.4) is 0 Å². The number of ether oxygens (including phenoxy) is 3. The number of nitrogens with zero attached hydrogens (tertiary/aromatic N) is 4. The Morgan fingerprint density at radius 3 is 2.15 bits per heavy atom. The molecule has 0 bridgehead atoms. The molecule has 11 heteroatoms. The van der Waals surface area contributed by atoms with Gasteiger partial charge in [0.05, 0.1) is 31.0 Å². The lowest BCUT2D eigenvalue weighted by Gasteiger charge is -2.10. The molecule has 1 amide bonds. The van der Waals surface area contributed by atoms with E-state index in [1.54, 1.807) is 14.2 Å². The second kappa shape index (κ2) is 12.8. The number of amides is 1. The molecule has 2 heterocycles. The summed E-state index contributed by atoms with van der Waals surface area (Å²) in [6, 6.07) is 20.9. The van der Waals surface area contributed by atoms with E-state index in [9.17, 15) is 4.79 Å². The van der Waals surface area contributed by atoms with E-state index in [1.165, 1.54) is 23.1 Å². The van der Waals surface area contributed by atoms with Gasteiger partial charge in [-0.25, -0.2) is 9.97 Å². The smallest absolute Gasteiger partial charge is 0.226 e. The first-order valence-corrected chi connectivity index (χ1v) is 14.4. The van der Waals surface area contributed by atoms with Gasteiger partial charge in [0.15, 0.2) is 5.13 Å². The first-order valence-electron chi connectivity index (χ1n) is 12.6. The van der Waals surface area contributed by atoms with Crippen LogP contribution in [0.1, 0.15) is 13.3 Å². The number of thiazole rings is 1. The first-order chi connectivity index (χ1) is 19.6. The maximum Gasteiger partial charge on any atom is 0.226 e. The van der Waals surface area contributed by atoms with Crippen LogP contribution in [-0.2, 0) is 4.79 Å². The number of thioether (sulfide) groups is 1. The summed E-state index contributed by atoms with van der Waals surface area (Å²) in [6.07, 6.45) is 0.270. The highest BCUT2D eigenvalue weighted by Crippen LogP contribution is 2.32. The van der Waals surface area contributed by atoms with Crippen LogP contribution in [0.2, 0.25) is 0 Å². The van der Waals surface area contributed by atoms with Crippen molar-refractivity contribution in [3.8, 4) is 39.8 Å². The topological polar surface area (TPSA) is 108 Å². The van der Waals surface area contributed by atoms with Gasteiger partial charge in [-0.2, -0.15) is 0 Å². The molecule has 40 heavy (non-hydrogen) atoms. The molecule has 0 aliphatic heterocycles. The van der Waals surface area contributed by atoms with Gasteiger partial charge in [-0.1, -0.05) is 23.1 Å². The van der Waals surface area contributed by atoms with Gasteiger partial charge in [-0.3, -0.25) is 4.79 Å². The van der Waals surface area contributed by atoms with Gasteiger partial charge in [0.1, 0.15) is 28.6 Å². The normalized spacial score (nSPS) is 10.9. The molecule has 3 aromatic carbocycles. The number of fused-ring (bicyclic) bond motifs is 1. The third-order valence-electron chi connectivity index (χ3n) is 5.87. The summed E-state index contributed by atoms with van der Waals surface area (Å²) >= 11 is 2.79. The van der Waals surface area contributed by atoms with E-state index in [4.69, 9.17) is 19.2 Å². The van der Waals surface area contributed by atoms with Crippen molar-refractivity contribution in [2.45, 2.75) is 18.5 Å². The van der Waals surface area contributed by atoms with Gasteiger partial charge in [-0.05, 0) is 73.7 Å². The number of carbonyl (C=O) groups is 1. The highest BCUT2D eigenvalue weighted by atomic mass is 32.2. The molecule has 0 saturated carbocycles. The highest BCUT2D eigenvalue weighted by molar-refractivity contribution is 7.99. The second-order valence-electron chi connectivity index (χ2n) is 8.48. The molecule has 1 N–H and O–H groups in total. The number of anilines is 1. The fraction of sp³-hybridized carbons (Fsp3) is 0.207. The number of nitrogens with one attached hydrogen (secondary N) is 1. The van der Waals surface area contributed by atoms with Crippen LogP contribution in [0.4, 0.5) is 5.13 Å². The summed E-state index contributed by atoms with van der Waals surface area (Å²) in [5, 5.41) is 12.8. The minimum Gasteiger partial charge on any atom is -0.497 e. The van der Waals surface area contributed by atoms with Crippen molar-refractivity contribution in [1.29, 1.82) is 0 Å². The number of aromatic nitrogens is 4. The fourth-order valence-corrected chi connectivity index (χ4v) is 5.53. The van der Waals surface area contributed by atoms with E-state index in [1.807, 2.05) is 73.7 Å². The van der Waals surface area contributed by atoms with Crippen molar-refractivity contribution >= 4 is 44.4 Å². The number of benzene rings is 3. The average Bonchev–Trinajstić information content (AvgIpc) is 3.39. The zero-order chi connectivity index (χ0) is 27.9. The molecule has 0 atom stereocenters. The molecule has 0 aliphatic rings. The zero-order valence-electron chi connectivity index (χ0n) is 22.2. The van der Waals surface area contributed by atoms with Crippen molar-refractivity contribution in [2.75, 3.05) is 31.9 Å². The van der Waals surface area contributed by atoms with Crippen LogP contribution in [0, 0.1) is 0 Å². The van der Waals surface area contributed by atoms with E-state index < -0.39 is 0 Å². The van der Waals surface area contributed by atoms with Gasteiger partial charge >= 0.3 is 0 Å². The lowest BCUT2D eigenvalue weighted by Crippen LogP contribution is -2.12. The molecule has 5 rings (SSSR count). The Morgan fingerprint density at radius 2 is 1.50 bits per heavy atom. The Bertz CT molecular complexity index is 1610. The molecule has 2 aromatic heterocycles. The minimum absolute atomic E-state index is 0.130. The van der Waals surface area contributed by atoms with Crippen molar-refractivity contribution < 1.29 is 19.0 Å². The summed E-state index contributed by atoms with van der Waals surface area (Å²) < 4.78 is 17.1. The van der Waals surface area contributed by atoms with Gasteiger partial charge < -0.3 is 19.5 Å². The van der Waals surface area contributed by atoms with E-state index in [2.05, 4.69) is 20.5 Å². The van der Waals surface area contributed by atoms with E-state index >= 15 is 0 Å². The number of rotatable bonds is 11. The average molecular weight is 574 g/mol. The summed E-state index contributed by atoms with van der Waals surface area (Å²) in [7, 11) is 3.26. The number of methoxy groups -OCH3 is 2. The van der Waals surface area contributed by atoms with Crippen LogP contribution in [0.25, 0.3) is 32.7 Å². The van der Waals surface area contributed by atoms with Gasteiger partial charge in [0.25, 0.3) is 0 Å². The predicted octanol–water partition coefficient (Wildman–Crippen LogP) is 6.35. The predicted molar refractivity (Wildman–Crippen MR) is 159 cm³/mol. The van der Waals surface area contributed by atoms with Crippen LogP contribution in [-0.4, -0.2) is 52.7 Å². The van der Waals surface area contributed by atoms with Crippen LogP contribution < -0.4 is 19.5 Å². The summed E-state index contributed by atoms with van der Waals surface area (Å²) in [5.74, 6) is 2.64. The lowest BCUT2D eigenvalue weighted by molar-refractivity contribution is -0.115. The van der Waals surface area contributed by atoms with Crippen molar-refractivity contribution in [2.24, 2.45) is 0 Å². The lowest BCUT2D eigenvalue weighted by atomic mass is 10.0. The Hall–Kier alpha value is -4.22. The summed E-state index contributed by atoms with van der Waals surface area (Å²) in [6.45, 7) is 2.54. The molecule has 9 nitrogen and oxygen atoms in total. The number of hydrogen-bond donors (Lipinski definition) is 1. The SMILES string of the molecule is CCOc1ccc2nc(NC(=O)CCSc3nnc(-c4ccc(OC)cc4)c(-c4ccc(OC)cc4)n3)sc2c1. The van der Waals surface area contributed by atoms with Crippen molar-refractivity contribution in [1.82, 2.24) is 20.2 Å². The standard InChI is InChI=1S/C29H27N5O4S2/c1-4-38-22-13-14-23-24(17-22)40-28(30-23)31-25(35)15-16-39-29-32-26(18-5-9-20(36-2)10-6-18)27(33-34-29)19-7-11-21(37-3)12-8-19/h5-14,17H,4,15-16H2,1-3H3,(H,30,31,35). The van der Waals surface area contributed by atoms with Crippen molar-refractivity contribution in [3.63, 3.8) is 0 Å². The minimum atomic E-state index is -0.130. The molecule has 5 aromatic rings. The third kappa shape index (κ3) is 6.49. The number of hydrogen-bond acceptors (Lipinski definition) is 10. The Balaban J connectivity index is 1.28. The monoisotopic (exact) mass is 573 g/mol. The van der Waals surface area contributed by atoms with Crippen LogP contribution in [0.5, 0.6) is 17.2 Å². The van der Waals surface area contributed by atoms with E-state index in [-0.39, 0.29) is 12.3 Å². The molecular weight excluding hydrogens is 546 g/mol. The molecule has 204 valence electrons. The van der Waals surface area contributed by atoms with Crippen molar-refractivity contribution in [3.05, 3.63) is 66.7 Å². The molecular formula is C29H27N5O4S2. The third-order valence-corrected chi connectivity index (χ3v) is 7.64. The van der Waals surface area contributed by atoms with Gasteiger partial charge in [-0.15, -0.1) is 10.2 Å². The molecule has 0 aliphatic carbocycles. The van der Waals surface area contributed by atoms with E-state index in [0.717, 1.165) is 38.6 Å². The van der Waals surface area contributed by atoms with Crippen LogP contribution >= 0.6 is 23.1 Å². The number of carbonyl (C=O) groups excluding carboxylic acids is 1.